The van der Waals surface area contributed by atoms with Gasteiger partial charge in [-0.25, -0.2) is 4.79 Å². The maximum absolute atomic E-state index is 12.7. The Labute approximate surface area is 165 Å². The molecule has 0 N–H and O–H groups in total. The molecule has 146 valence electrons. The van der Waals surface area contributed by atoms with Crippen LogP contribution in [0.25, 0.3) is 0 Å². The Balaban J connectivity index is 2.39. The molecule has 0 unspecified atom stereocenters. The van der Waals surface area contributed by atoms with Crippen molar-refractivity contribution in [2.24, 2.45) is 0 Å². The second-order valence-corrected chi connectivity index (χ2v) is 6.24. The third kappa shape index (κ3) is 5.07. The molecule has 0 aliphatic carbocycles. The van der Waals surface area contributed by atoms with Gasteiger partial charge in [-0.15, -0.1) is 0 Å². The molecule has 2 rings (SSSR count). The van der Waals surface area contributed by atoms with Crippen LogP contribution >= 0.6 is 11.6 Å². The van der Waals surface area contributed by atoms with E-state index in [1.807, 2.05) is 34.6 Å². The third-order valence-corrected chi connectivity index (χ3v) is 4.36. The fourth-order valence-corrected chi connectivity index (χ4v) is 2.75. The van der Waals surface area contributed by atoms with Crippen molar-refractivity contribution in [3.63, 3.8) is 0 Å². The van der Waals surface area contributed by atoms with Gasteiger partial charge in [0.1, 0.15) is 5.75 Å². The molecular formula is C21H25ClO5. The van der Waals surface area contributed by atoms with Gasteiger partial charge < -0.3 is 18.9 Å². The smallest absolute Gasteiger partial charge is 0.343 e. The zero-order valence-corrected chi connectivity index (χ0v) is 17.1. The fourth-order valence-electron chi connectivity index (χ4n) is 2.64. The first-order chi connectivity index (χ1) is 12.9. The number of aryl methyl sites for hydroxylation is 2. The molecule has 0 saturated heterocycles. The van der Waals surface area contributed by atoms with Crippen molar-refractivity contribution in [3.8, 4) is 23.0 Å². The van der Waals surface area contributed by atoms with Crippen LogP contribution in [-0.4, -0.2) is 25.8 Å². The van der Waals surface area contributed by atoms with Crippen LogP contribution in [0.15, 0.2) is 24.3 Å². The normalized spacial score (nSPS) is 10.4. The van der Waals surface area contributed by atoms with Crippen LogP contribution in [0, 0.1) is 13.8 Å². The average Bonchev–Trinajstić information content (AvgIpc) is 2.62. The summed E-state index contributed by atoms with van der Waals surface area (Å²) >= 11 is 6.17. The first-order valence-electron chi connectivity index (χ1n) is 8.96. The minimum atomic E-state index is -0.513. The topological polar surface area (TPSA) is 54.0 Å². The van der Waals surface area contributed by atoms with Gasteiger partial charge in [-0.2, -0.15) is 0 Å². The monoisotopic (exact) mass is 392 g/mol. The highest BCUT2D eigenvalue weighted by Crippen LogP contribution is 2.39. The van der Waals surface area contributed by atoms with Crippen molar-refractivity contribution in [2.75, 3.05) is 19.8 Å². The Morgan fingerprint density at radius 3 is 1.78 bits per heavy atom. The maximum Gasteiger partial charge on any atom is 0.343 e. The molecule has 27 heavy (non-hydrogen) atoms. The number of esters is 1. The van der Waals surface area contributed by atoms with E-state index >= 15 is 0 Å². The molecule has 6 heteroatoms. The van der Waals surface area contributed by atoms with Crippen LogP contribution in [0.2, 0.25) is 5.02 Å². The molecule has 0 spiro atoms. The van der Waals surface area contributed by atoms with Crippen molar-refractivity contribution in [1.82, 2.24) is 0 Å². The first-order valence-corrected chi connectivity index (χ1v) is 9.34. The molecule has 0 aromatic heterocycles. The minimum Gasteiger partial charge on any atom is -0.490 e. The van der Waals surface area contributed by atoms with Gasteiger partial charge in [0.2, 0.25) is 5.75 Å². The average molecular weight is 393 g/mol. The fraction of sp³-hybridized carbons (Fsp3) is 0.381. The van der Waals surface area contributed by atoms with Crippen LogP contribution in [0.4, 0.5) is 0 Å². The van der Waals surface area contributed by atoms with E-state index in [4.69, 9.17) is 30.5 Å². The lowest BCUT2D eigenvalue weighted by Gasteiger charge is -2.17. The van der Waals surface area contributed by atoms with E-state index in [1.54, 1.807) is 24.3 Å². The SMILES string of the molecule is CCOc1cc(C(=O)Oc2cc(C)c(Cl)c(C)c2)cc(OCC)c1OCC. The Morgan fingerprint density at radius 1 is 0.852 bits per heavy atom. The highest BCUT2D eigenvalue weighted by Gasteiger charge is 2.20. The van der Waals surface area contributed by atoms with Crippen LogP contribution in [0.1, 0.15) is 42.3 Å². The van der Waals surface area contributed by atoms with Gasteiger partial charge in [0.05, 0.1) is 25.4 Å². The summed E-state index contributed by atoms with van der Waals surface area (Å²) < 4.78 is 22.5. The molecule has 0 saturated carbocycles. The van der Waals surface area contributed by atoms with Gasteiger partial charge >= 0.3 is 5.97 Å². The van der Waals surface area contributed by atoms with Gasteiger partial charge in [0.25, 0.3) is 0 Å². The Hall–Kier alpha value is -2.40. The van der Waals surface area contributed by atoms with Gasteiger partial charge in [-0.1, -0.05) is 11.6 Å². The zero-order valence-electron chi connectivity index (χ0n) is 16.3. The van der Waals surface area contributed by atoms with Gasteiger partial charge in [-0.3, -0.25) is 0 Å². The molecule has 2 aromatic carbocycles. The first kappa shape index (κ1) is 20.9. The number of carbonyl (C=O) groups excluding carboxylic acids is 1. The molecule has 2 aromatic rings. The van der Waals surface area contributed by atoms with E-state index in [0.29, 0.717) is 53.4 Å². The molecule has 0 fully saturated rings. The summed E-state index contributed by atoms with van der Waals surface area (Å²) in [6.45, 7) is 10.6. The van der Waals surface area contributed by atoms with Gasteiger partial charge in [0, 0.05) is 5.02 Å². The molecule has 0 atom stereocenters. The van der Waals surface area contributed by atoms with Crippen molar-refractivity contribution in [1.29, 1.82) is 0 Å². The summed E-state index contributed by atoms with van der Waals surface area (Å²) in [5.74, 6) is 1.29. The maximum atomic E-state index is 12.7. The van der Waals surface area contributed by atoms with Crippen LogP contribution in [0.3, 0.4) is 0 Å². The number of benzene rings is 2. The number of halogens is 1. The van der Waals surface area contributed by atoms with Crippen LogP contribution < -0.4 is 18.9 Å². The molecule has 0 radical (unpaired) electrons. The van der Waals surface area contributed by atoms with E-state index < -0.39 is 5.97 Å². The number of hydrogen-bond acceptors (Lipinski definition) is 5. The standard InChI is InChI=1S/C21H25ClO5/c1-6-24-17-11-15(12-18(25-7-2)20(17)26-8-3)21(23)27-16-9-13(4)19(22)14(5)10-16/h9-12H,6-8H2,1-5H3. The molecule has 5 nitrogen and oxygen atoms in total. The molecule has 0 heterocycles. The van der Waals surface area contributed by atoms with Crippen molar-refractivity contribution >= 4 is 17.6 Å². The molecular weight excluding hydrogens is 368 g/mol. The molecule has 0 aliphatic rings. The van der Waals surface area contributed by atoms with Crippen molar-refractivity contribution in [3.05, 3.63) is 46.0 Å². The zero-order chi connectivity index (χ0) is 20.0. The van der Waals surface area contributed by atoms with Crippen molar-refractivity contribution in [2.45, 2.75) is 34.6 Å². The summed E-state index contributed by atoms with van der Waals surface area (Å²) in [7, 11) is 0. The number of hydrogen-bond donors (Lipinski definition) is 0. The summed E-state index contributed by atoms with van der Waals surface area (Å²) in [5.41, 5.74) is 2.00. The summed E-state index contributed by atoms with van der Waals surface area (Å²) in [4.78, 5) is 12.7. The Morgan fingerprint density at radius 2 is 1.33 bits per heavy atom. The van der Waals surface area contributed by atoms with E-state index in [-0.39, 0.29) is 0 Å². The van der Waals surface area contributed by atoms with Crippen molar-refractivity contribution < 1.29 is 23.7 Å². The molecule has 0 aliphatic heterocycles. The Bertz CT molecular complexity index is 766. The van der Waals surface area contributed by atoms with Gasteiger partial charge in [-0.05, 0) is 70.0 Å². The summed E-state index contributed by atoms with van der Waals surface area (Å²) in [6.07, 6.45) is 0. The van der Waals surface area contributed by atoms with Crippen LogP contribution in [0.5, 0.6) is 23.0 Å². The number of carbonyl (C=O) groups is 1. The lowest BCUT2D eigenvalue weighted by molar-refractivity contribution is 0.0733. The van der Waals surface area contributed by atoms with E-state index in [1.165, 1.54) is 0 Å². The lowest BCUT2D eigenvalue weighted by Crippen LogP contribution is -2.11. The predicted octanol–water partition coefficient (Wildman–Crippen LogP) is 5.37. The lowest BCUT2D eigenvalue weighted by atomic mass is 10.1. The largest absolute Gasteiger partial charge is 0.490 e. The number of rotatable bonds is 8. The minimum absolute atomic E-state index is 0.315. The van der Waals surface area contributed by atoms with E-state index in [2.05, 4.69) is 0 Å². The predicted molar refractivity (Wildman–Crippen MR) is 106 cm³/mol. The highest BCUT2D eigenvalue weighted by molar-refractivity contribution is 6.32. The highest BCUT2D eigenvalue weighted by atomic mass is 35.5. The summed E-state index contributed by atoms with van der Waals surface area (Å²) in [5, 5.41) is 0.660. The second-order valence-electron chi connectivity index (χ2n) is 5.86. The second kappa shape index (κ2) is 9.51. The van der Waals surface area contributed by atoms with Gasteiger partial charge in [0.15, 0.2) is 11.5 Å². The third-order valence-electron chi connectivity index (χ3n) is 3.77. The quantitative estimate of drug-likeness (QED) is 0.446. The number of ether oxygens (including phenoxy) is 4. The van der Waals surface area contributed by atoms with E-state index in [0.717, 1.165) is 11.1 Å². The van der Waals surface area contributed by atoms with Crippen LogP contribution in [-0.2, 0) is 0 Å². The molecule has 0 bridgehead atoms. The Kier molecular flexibility index (Phi) is 7.36. The molecule has 0 amide bonds. The summed E-state index contributed by atoms with van der Waals surface area (Å²) in [6, 6.07) is 6.67. The van der Waals surface area contributed by atoms with E-state index in [9.17, 15) is 4.79 Å².